The van der Waals surface area contributed by atoms with Crippen molar-refractivity contribution in [3.8, 4) is 11.5 Å². The summed E-state index contributed by atoms with van der Waals surface area (Å²) in [5.41, 5.74) is 0.323. The van der Waals surface area contributed by atoms with E-state index < -0.39 is 11.9 Å². The van der Waals surface area contributed by atoms with E-state index in [9.17, 15) is 14.7 Å². The maximum atomic E-state index is 12.6. The van der Waals surface area contributed by atoms with Crippen LogP contribution in [0.5, 0.6) is 11.5 Å². The molecule has 2 rings (SSSR count). The second-order valence-electron chi connectivity index (χ2n) is 4.46. The van der Waals surface area contributed by atoms with E-state index in [0.717, 1.165) is 0 Å². The van der Waals surface area contributed by atoms with Gasteiger partial charge in [-0.3, -0.25) is 4.79 Å². The number of carboxylic acid groups (broad SMARTS) is 1. The molecule has 0 bridgehead atoms. The van der Waals surface area contributed by atoms with Crippen molar-refractivity contribution in [1.29, 1.82) is 0 Å². The van der Waals surface area contributed by atoms with Crippen molar-refractivity contribution >= 4 is 33.5 Å². The number of hydrogen-bond donors (Lipinski definition) is 2. The quantitative estimate of drug-likeness (QED) is 0.831. The minimum atomic E-state index is -1.14. The smallest absolute Gasteiger partial charge is 0.337 e. The summed E-state index contributed by atoms with van der Waals surface area (Å²) < 4.78 is 10.8. The van der Waals surface area contributed by atoms with Crippen LogP contribution in [0.2, 0.25) is 0 Å². The molecule has 0 fully saturated rings. The zero-order chi connectivity index (χ0) is 17.0. The summed E-state index contributed by atoms with van der Waals surface area (Å²) in [5.74, 6) is -1.03. The van der Waals surface area contributed by atoms with Crippen molar-refractivity contribution < 1.29 is 24.2 Å². The molecule has 23 heavy (non-hydrogen) atoms. The molecule has 0 aliphatic rings. The number of hydrogen-bond acceptors (Lipinski definition) is 4. The van der Waals surface area contributed by atoms with Gasteiger partial charge in [-0.2, -0.15) is 0 Å². The zero-order valence-corrected chi connectivity index (χ0v) is 14.0. The number of aromatic carboxylic acids is 1. The van der Waals surface area contributed by atoms with Crippen LogP contribution < -0.4 is 14.8 Å². The van der Waals surface area contributed by atoms with E-state index in [2.05, 4.69) is 21.2 Å². The lowest BCUT2D eigenvalue weighted by atomic mass is 10.1. The average molecular weight is 380 g/mol. The molecule has 0 saturated heterocycles. The van der Waals surface area contributed by atoms with Crippen LogP contribution in [0.25, 0.3) is 0 Å². The molecule has 1 amide bonds. The first kappa shape index (κ1) is 16.8. The number of anilines is 1. The first-order valence-corrected chi connectivity index (χ1v) is 7.33. The predicted molar refractivity (Wildman–Crippen MR) is 88.6 cm³/mol. The number of methoxy groups -OCH3 is 2. The summed E-state index contributed by atoms with van der Waals surface area (Å²) in [7, 11) is 2.87. The summed E-state index contributed by atoms with van der Waals surface area (Å²) in [6.07, 6.45) is 0. The monoisotopic (exact) mass is 379 g/mol. The summed E-state index contributed by atoms with van der Waals surface area (Å²) in [6.45, 7) is 0. The molecule has 2 N–H and O–H groups in total. The summed E-state index contributed by atoms with van der Waals surface area (Å²) >= 11 is 3.25. The number of halogens is 1. The number of amides is 1. The Balaban J connectivity index is 2.47. The Hall–Kier alpha value is -2.54. The molecule has 0 spiro atoms. The Morgan fingerprint density at radius 1 is 1.04 bits per heavy atom. The molecule has 0 atom stereocenters. The molecule has 0 saturated carbocycles. The van der Waals surface area contributed by atoms with E-state index in [4.69, 9.17) is 9.47 Å². The van der Waals surface area contributed by atoms with Crippen molar-refractivity contribution in [2.24, 2.45) is 0 Å². The van der Waals surface area contributed by atoms with E-state index in [1.54, 1.807) is 30.3 Å². The Morgan fingerprint density at radius 2 is 1.61 bits per heavy atom. The van der Waals surface area contributed by atoms with Gasteiger partial charge in [0.25, 0.3) is 5.91 Å². The van der Waals surface area contributed by atoms with Gasteiger partial charge in [0.15, 0.2) is 0 Å². The van der Waals surface area contributed by atoms with Gasteiger partial charge in [0, 0.05) is 4.47 Å². The number of carbonyl (C=O) groups excluding carboxylic acids is 1. The highest BCUT2D eigenvalue weighted by Crippen LogP contribution is 2.32. The second-order valence-corrected chi connectivity index (χ2v) is 5.31. The third-order valence-electron chi connectivity index (χ3n) is 3.14. The van der Waals surface area contributed by atoms with E-state index in [1.807, 2.05) is 0 Å². The van der Waals surface area contributed by atoms with Gasteiger partial charge in [-0.25, -0.2) is 4.79 Å². The Morgan fingerprint density at radius 3 is 2.13 bits per heavy atom. The molecule has 0 unspecified atom stereocenters. The molecule has 0 radical (unpaired) electrons. The largest absolute Gasteiger partial charge is 0.496 e. The maximum Gasteiger partial charge on any atom is 0.337 e. The molecule has 0 heterocycles. The van der Waals surface area contributed by atoms with Crippen LogP contribution >= 0.6 is 15.9 Å². The minimum Gasteiger partial charge on any atom is -0.496 e. The standard InChI is InChI=1S/C16H14BrNO5/c1-22-11-7-4-8-12(23-2)13(11)15(19)18-14-9(16(20)21)5-3-6-10(14)17/h3-8H,1-2H3,(H,18,19)(H,20,21). The van der Waals surface area contributed by atoms with Crippen LogP contribution in [0.4, 0.5) is 5.69 Å². The molecule has 0 aromatic heterocycles. The number of nitrogens with one attached hydrogen (secondary N) is 1. The fourth-order valence-electron chi connectivity index (χ4n) is 2.08. The third-order valence-corrected chi connectivity index (χ3v) is 3.80. The average Bonchev–Trinajstić information content (AvgIpc) is 2.55. The van der Waals surface area contributed by atoms with E-state index in [-0.39, 0.29) is 16.8 Å². The van der Waals surface area contributed by atoms with Crippen molar-refractivity contribution in [3.63, 3.8) is 0 Å². The van der Waals surface area contributed by atoms with Crippen molar-refractivity contribution in [2.45, 2.75) is 0 Å². The summed E-state index contributed by atoms with van der Waals surface area (Å²) in [4.78, 5) is 23.9. The SMILES string of the molecule is COc1cccc(OC)c1C(=O)Nc1c(Br)cccc1C(=O)O. The molecular formula is C16H14BrNO5. The molecule has 120 valence electrons. The summed E-state index contributed by atoms with van der Waals surface area (Å²) in [5, 5.41) is 11.9. The lowest BCUT2D eigenvalue weighted by molar-refractivity contribution is 0.0698. The van der Waals surface area contributed by atoms with Gasteiger partial charge in [0.05, 0.1) is 25.5 Å². The molecule has 2 aromatic carbocycles. The van der Waals surface area contributed by atoms with E-state index >= 15 is 0 Å². The number of para-hydroxylation sites is 1. The minimum absolute atomic E-state index is 0.0263. The van der Waals surface area contributed by atoms with E-state index in [1.165, 1.54) is 20.3 Å². The molecule has 0 aliphatic heterocycles. The first-order chi connectivity index (χ1) is 11.0. The highest BCUT2D eigenvalue weighted by atomic mass is 79.9. The highest BCUT2D eigenvalue weighted by Gasteiger charge is 2.21. The fourth-order valence-corrected chi connectivity index (χ4v) is 2.55. The number of rotatable bonds is 5. The number of carboxylic acids is 1. The Labute approximate surface area is 141 Å². The molecule has 2 aromatic rings. The van der Waals surface area contributed by atoms with Crippen LogP contribution in [-0.4, -0.2) is 31.2 Å². The van der Waals surface area contributed by atoms with E-state index in [0.29, 0.717) is 16.0 Å². The molecule has 6 nitrogen and oxygen atoms in total. The zero-order valence-electron chi connectivity index (χ0n) is 12.4. The Kier molecular flexibility index (Phi) is 5.23. The first-order valence-electron chi connectivity index (χ1n) is 6.53. The fraction of sp³-hybridized carbons (Fsp3) is 0.125. The van der Waals surface area contributed by atoms with Crippen molar-refractivity contribution in [2.75, 3.05) is 19.5 Å². The molecular weight excluding hydrogens is 366 g/mol. The van der Waals surface area contributed by atoms with Gasteiger partial charge < -0.3 is 19.9 Å². The molecule has 0 aliphatic carbocycles. The van der Waals surface area contributed by atoms with Gasteiger partial charge in [-0.15, -0.1) is 0 Å². The van der Waals surface area contributed by atoms with Gasteiger partial charge in [-0.05, 0) is 40.2 Å². The molecule has 7 heteroatoms. The van der Waals surface area contributed by atoms with Crippen molar-refractivity contribution in [3.05, 3.63) is 52.0 Å². The van der Waals surface area contributed by atoms with Crippen LogP contribution in [-0.2, 0) is 0 Å². The highest BCUT2D eigenvalue weighted by molar-refractivity contribution is 9.10. The van der Waals surface area contributed by atoms with Crippen LogP contribution in [0, 0.1) is 0 Å². The van der Waals surface area contributed by atoms with Gasteiger partial charge in [0.1, 0.15) is 17.1 Å². The topological polar surface area (TPSA) is 84.9 Å². The second kappa shape index (κ2) is 7.15. The Bertz CT molecular complexity index is 738. The predicted octanol–water partition coefficient (Wildman–Crippen LogP) is 3.42. The maximum absolute atomic E-state index is 12.6. The van der Waals surface area contributed by atoms with Gasteiger partial charge in [0.2, 0.25) is 0 Å². The van der Waals surface area contributed by atoms with Crippen LogP contribution in [0.3, 0.4) is 0 Å². The number of carbonyl (C=O) groups is 2. The number of benzene rings is 2. The lowest BCUT2D eigenvalue weighted by Gasteiger charge is -2.15. The van der Waals surface area contributed by atoms with Crippen LogP contribution in [0.1, 0.15) is 20.7 Å². The summed E-state index contributed by atoms with van der Waals surface area (Å²) in [6, 6.07) is 9.55. The van der Waals surface area contributed by atoms with Crippen LogP contribution in [0.15, 0.2) is 40.9 Å². The lowest BCUT2D eigenvalue weighted by Crippen LogP contribution is -2.17. The van der Waals surface area contributed by atoms with Crippen molar-refractivity contribution in [1.82, 2.24) is 0 Å². The van der Waals surface area contributed by atoms with Gasteiger partial charge in [-0.1, -0.05) is 12.1 Å². The third kappa shape index (κ3) is 3.45. The van der Waals surface area contributed by atoms with Gasteiger partial charge >= 0.3 is 5.97 Å². The number of ether oxygens (including phenoxy) is 2. The normalized spacial score (nSPS) is 10.0.